The molecule has 3 nitrogen and oxygen atoms in total. The second-order valence-electron chi connectivity index (χ2n) is 6.01. The third kappa shape index (κ3) is 5.21. The van der Waals surface area contributed by atoms with Gasteiger partial charge in [0.15, 0.2) is 0 Å². The number of benzene rings is 1. The highest BCUT2D eigenvalue weighted by molar-refractivity contribution is 5.88. The second-order valence-corrected chi connectivity index (χ2v) is 6.01. The zero-order chi connectivity index (χ0) is 15.6. The zero-order valence-corrected chi connectivity index (χ0v) is 13.7. The van der Waals surface area contributed by atoms with Crippen LogP contribution in [0.15, 0.2) is 30.5 Å². The Morgan fingerprint density at radius 3 is 2.59 bits per heavy atom. The van der Waals surface area contributed by atoms with Gasteiger partial charge in [0.25, 0.3) is 0 Å². The van der Waals surface area contributed by atoms with Gasteiger partial charge in [-0.25, -0.2) is 0 Å². The number of H-pyrrole nitrogens is 1. The maximum atomic E-state index is 12.0. The van der Waals surface area contributed by atoms with Crippen LogP contribution >= 0.6 is 0 Å². The zero-order valence-electron chi connectivity index (χ0n) is 13.7. The van der Waals surface area contributed by atoms with Crippen molar-refractivity contribution in [2.45, 2.75) is 58.3 Å². The number of unbranched alkanes of at least 4 members (excludes halogenated alkanes) is 6. The minimum Gasteiger partial charge on any atom is -0.361 e. The van der Waals surface area contributed by atoms with Gasteiger partial charge in [-0.05, 0) is 18.1 Å². The van der Waals surface area contributed by atoms with Crippen molar-refractivity contribution in [2.75, 3.05) is 6.54 Å². The smallest absolute Gasteiger partial charge is 0.224 e. The molecule has 0 bridgehead atoms. The molecule has 2 rings (SSSR count). The lowest BCUT2D eigenvalue weighted by molar-refractivity contribution is -0.120. The lowest BCUT2D eigenvalue weighted by atomic mass is 10.1. The van der Waals surface area contributed by atoms with E-state index in [0.717, 1.165) is 29.4 Å². The molecule has 1 aromatic heterocycles. The van der Waals surface area contributed by atoms with Crippen molar-refractivity contribution in [1.29, 1.82) is 0 Å². The number of hydrogen-bond acceptors (Lipinski definition) is 1. The fourth-order valence-electron chi connectivity index (χ4n) is 2.82. The standard InChI is InChI=1S/C19H28N2O/c1-2-3-4-5-6-7-10-13-20-19(22)14-16-15-21-18-12-9-8-11-17(16)18/h8-9,11-12,15,21H,2-7,10,13-14H2,1H3,(H,20,22). The van der Waals surface area contributed by atoms with Gasteiger partial charge in [-0.3, -0.25) is 4.79 Å². The molecular formula is C19H28N2O. The van der Waals surface area contributed by atoms with Crippen LogP contribution < -0.4 is 5.32 Å². The van der Waals surface area contributed by atoms with Crippen molar-refractivity contribution in [3.05, 3.63) is 36.0 Å². The molecule has 0 atom stereocenters. The van der Waals surface area contributed by atoms with Crippen LogP contribution in [0.4, 0.5) is 0 Å². The number of aromatic amines is 1. The van der Waals surface area contributed by atoms with Gasteiger partial charge < -0.3 is 10.3 Å². The second kappa shape index (κ2) is 9.29. The highest BCUT2D eigenvalue weighted by atomic mass is 16.1. The van der Waals surface area contributed by atoms with E-state index >= 15 is 0 Å². The lowest BCUT2D eigenvalue weighted by Crippen LogP contribution is -2.25. The Balaban J connectivity index is 1.62. The molecule has 0 saturated carbocycles. The van der Waals surface area contributed by atoms with Crippen LogP contribution in [-0.4, -0.2) is 17.4 Å². The number of amides is 1. The highest BCUT2D eigenvalue weighted by Gasteiger charge is 2.07. The van der Waals surface area contributed by atoms with Crippen LogP contribution in [0.2, 0.25) is 0 Å². The Morgan fingerprint density at radius 1 is 1.05 bits per heavy atom. The van der Waals surface area contributed by atoms with Crippen molar-refractivity contribution < 1.29 is 4.79 Å². The predicted molar refractivity (Wildman–Crippen MR) is 93.0 cm³/mol. The minimum absolute atomic E-state index is 0.121. The number of nitrogens with one attached hydrogen (secondary N) is 2. The van der Waals surface area contributed by atoms with Crippen LogP contribution in [0.3, 0.4) is 0 Å². The molecule has 2 aromatic rings. The van der Waals surface area contributed by atoms with E-state index < -0.39 is 0 Å². The lowest BCUT2D eigenvalue weighted by Gasteiger charge is -2.05. The van der Waals surface area contributed by atoms with Gasteiger partial charge in [-0.15, -0.1) is 0 Å². The molecule has 0 aliphatic rings. The molecule has 1 amide bonds. The molecule has 0 fully saturated rings. The van der Waals surface area contributed by atoms with Gasteiger partial charge >= 0.3 is 0 Å². The molecule has 0 aliphatic heterocycles. The SMILES string of the molecule is CCCCCCCCCNC(=O)Cc1c[nH]c2ccccc12. The number of aromatic nitrogens is 1. The number of fused-ring (bicyclic) bond motifs is 1. The van der Waals surface area contributed by atoms with Crippen LogP contribution in [0, 0.1) is 0 Å². The number of para-hydroxylation sites is 1. The molecule has 2 N–H and O–H groups in total. The minimum atomic E-state index is 0.121. The molecule has 0 saturated heterocycles. The molecule has 0 spiro atoms. The van der Waals surface area contributed by atoms with Crippen LogP contribution in [0.25, 0.3) is 10.9 Å². The molecule has 0 radical (unpaired) electrons. The Morgan fingerprint density at radius 2 is 1.77 bits per heavy atom. The molecular weight excluding hydrogens is 272 g/mol. The van der Waals surface area contributed by atoms with E-state index in [2.05, 4.69) is 23.3 Å². The first-order valence-electron chi connectivity index (χ1n) is 8.63. The number of carbonyl (C=O) groups is 1. The van der Waals surface area contributed by atoms with Gasteiger partial charge in [-0.1, -0.05) is 63.6 Å². The summed E-state index contributed by atoms with van der Waals surface area (Å²) in [5.74, 6) is 0.121. The van der Waals surface area contributed by atoms with Gasteiger partial charge in [-0.2, -0.15) is 0 Å². The fourth-order valence-corrected chi connectivity index (χ4v) is 2.82. The summed E-state index contributed by atoms with van der Waals surface area (Å²) in [6, 6.07) is 8.11. The van der Waals surface area contributed by atoms with Gasteiger partial charge in [0.2, 0.25) is 5.91 Å². The van der Waals surface area contributed by atoms with Crippen LogP contribution in [0.5, 0.6) is 0 Å². The first-order valence-corrected chi connectivity index (χ1v) is 8.63. The Labute approximate surface area is 133 Å². The normalized spacial score (nSPS) is 11.0. The number of carbonyl (C=O) groups excluding carboxylic acids is 1. The summed E-state index contributed by atoms with van der Waals surface area (Å²) in [6.07, 6.45) is 11.3. The summed E-state index contributed by atoms with van der Waals surface area (Å²) in [5.41, 5.74) is 2.17. The molecule has 120 valence electrons. The highest BCUT2D eigenvalue weighted by Crippen LogP contribution is 2.17. The third-order valence-electron chi connectivity index (χ3n) is 4.13. The summed E-state index contributed by atoms with van der Waals surface area (Å²) in [4.78, 5) is 15.2. The quantitative estimate of drug-likeness (QED) is 0.620. The maximum Gasteiger partial charge on any atom is 0.224 e. The molecule has 3 heteroatoms. The topological polar surface area (TPSA) is 44.9 Å². The monoisotopic (exact) mass is 300 g/mol. The van der Waals surface area contributed by atoms with Gasteiger partial charge in [0.05, 0.1) is 6.42 Å². The molecule has 22 heavy (non-hydrogen) atoms. The summed E-state index contributed by atoms with van der Waals surface area (Å²) in [5, 5.41) is 4.18. The Hall–Kier alpha value is -1.77. The van der Waals surface area contributed by atoms with E-state index in [1.807, 2.05) is 24.4 Å². The van der Waals surface area contributed by atoms with Crippen molar-refractivity contribution in [3.8, 4) is 0 Å². The van der Waals surface area contributed by atoms with Crippen molar-refractivity contribution in [2.24, 2.45) is 0 Å². The van der Waals surface area contributed by atoms with E-state index in [4.69, 9.17) is 0 Å². The van der Waals surface area contributed by atoms with Gasteiger partial charge in [0, 0.05) is 23.6 Å². The average molecular weight is 300 g/mol. The van der Waals surface area contributed by atoms with Crippen LogP contribution in [0.1, 0.15) is 57.4 Å². The first kappa shape index (κ1) is 16.6. The van der Waals surface area contributed by atoms with Crippen molar-refractivity contribution in [1.82, 2.24) is 10.3 Å². The molecule has 0 unspecified atom stereocenters. The predicted octanol–water partition coefficient (Wildman–Crippen LogP) is 4.58. The third-order valence-corrected chi connectivity index (χ3v) is 4.13. The van der Waals surface area contributed by atoms with Gasteiger partial charge in [0.1, 0.15) is 0 Å². The van der Waals surface area contributed by atoms with E-state index in [9.17, 15) is 4.79 Å². The Bertz CT molecular complexity index is 574. The maximum absolute atomic E-state index is 12.0. The van der Waals surface area contributed by atoms with E-state index in [1.54, 1.807) is 0 Å². The van der Waals surface area contributed by atoms with Crippen LogP contribution in [-0.2, 0) is 11.2 Å². The Kier molecular flexibility index (Phi) is 7.01. The average Bonchev–Trinajstić information content (AvgIpc) is 2.93. The molecule has 0 aliphatic carbocycles. The summed E-state index contributed by atoms with van der Waals surface area (Å²) >= 11 is 0. The summed E-state index contributed by atoms with van der Waals surface area (Å²) in [7, 11) is 0. The van der Waals surface area contributed by atoms with E-state index in [-0.39, 0.29) is 5.91 Å². The van der Waals surface area contributed by atoms with E-state index in [0.29, 0.717) is 6.42 Å². The summed E-state index contributed by atoms with van der Waals surface area (Å²) < 4.78 is 0. The van der Waals surface area contributed by atoms with Crippen molar-refractivity contribution >= 4 is 16.8 Å². The first-order chi connectivity index (χ1) is 10.8. The number of rotatable bonds is 10. The fraction of sp³-hybridized carbons (Fsp3) is 0.526. The largest absolute Gasteiger partial charge is 0.361 e. The summed E-state index contributed by atoms with van der Waals surface area (Å²) in [6.45, 7) is 3.04. The molecule has 1 aromatic carbocycles. The number of hydrogen-bond donors (Lipinski definition) is 2. The molecule has 1 heterocycles. The van der Waals surface area contributed by atoms with Crippen molar-refractivity contribution in [3.63, 3.8) is 0 Å². The van der Waals surface area contributed by atoms with E-state index in [1.165, 1.54) is 38.5 Å².